The predicted molar refractivity (Wildman–Crippen MR) is 45.6 cm³/mol. The Hall–Kier alpha value is -0.610. The van der Waals surface area contributed by atoms with E-state index in [-0.39, 0.29) is 5.91 Å². The molecule has 0 aromatic rings. The van der Waals surface area contributed by atoms with Gasteiger partial charge in [-0.25, -0.2) is 0 Å². The highest BCUT2D eigenvalue weighted by Gasteiger charge is 2.43. The van der Waals surface area contributed by atoms with Gasteiger partial charge >= 0.3 is 0 Å². The lowest BCUT2D eigenvalue weighted by molar-refractivity contribution is -0.125. The second kappa shape index (κ2) is 2.71. The Morgan fingerprint density at radius 2 is 2.25 bits per heavy atom. The first-order chi connectivity index (χ1) is 6.15. The molecule has 2 heterocycles. The minimum atomic E-state index is -0.521. The summed E-state index contributed by atoms with van der Waals surface area (Å²) in [5.74, 6) is 0.0376. The highest BCUT2D eigenvalue weighted by Crippen LogP contribution is 2.23. The quantitative estimate of drug-likeness (QED) is 0.496. The average molecular weight is 170 g/mol. The van der Waals surface area contributed by atoms with E-state index in [0.717, 1.165) is 25.9 Å². The summed E-state index contributed by atoms with van der Waals surface area (Å²) in [5.41, 5.74) is -0.521. The summed E-state index contributed by atoms with van der Waals surface area (Å²) in [6.45, 7) is 2.19. The first-order valence-corrected chi connectivity index (χ1v) is 4.38. The molecule has 2 fully saturated rings. The van der Waals surface area contributed by atoms with Crippen molar-refractivity contribution in [3.8, 4) is 0 Å². The number of piperidine rings is 1. The normalized spacial score (nSPS) is 32.1. The van der Waals surface area contributed by atoms with Gasteiger partial charge in [0.05, 0.1) is 6.67 Å². The van der Waals surface area contributed by atoms with E-state index in [0.29, 0.717) is 6.67 Å². The molecule has 0 bridgehead atoms. The zero-order chi connectivity index (χ0) is 9.47. The zero-order valence-electron chi connectivity index (χ0n) is 8.34. The number of nitrogens with one attached hydrogen (secondary N) is 2. The van der Waals surface area contributed by atoms with E-state index in [1.807, 2.05) is 7.05 Å². The average Bonchev–Trinajstić information content (AvgIpc) is 2.39. The molecule has 1 amide bonds. The molecule has 2 N–H and O–H groups in total. The molecule has 0 aromatic heterocycles. The molecule has 4 heteroatoms. The van der Waals surface area contributed by atoms with Crippen molar-refractivity contribution in [3.05, 3.63) is 0 Å². The number of rotatable bonds is 0. The molecule has 2 aliphatic heterocycles. The number of likely N-dealkylation sites (tertiary alicyclic amines) is 1. The van der Waals surface area contributed by atoms with Crippen LogP contribution in [-0.4, -0.2) is 43.2 Å². The van der Waals surface area contributed by atoms with Crippen LogP contribution in [0.15, 0.2) is 0 Å². The molecule has 0 unspecified atom stereocenters. The maximum absolute atomic E-state index is 11.6. The molecule has 0 atom stereocenters. The van der Waals surface area contributed by atoms with E-state index >= 15 is 0 Å². The predicted octanol–water partition coefficient (Wildman–Crippen LogP) is -0.872. The third kappa shape index (κ3) is 1.11. The van der Waals surface area contributed by atoms with Crippen molar-refractivity contribution in [1.29, 1.82) is 0 Å². The van der Waals surface area contributed by atoms with Gasteiger partial charge in [0.25, 0.3) is 0 Å². The van der Waals surface area contributed by atoms with Gasteiger partial charge in [0.2, 0.25) is 5.91 Å². The first-order valence-electron chi connectivity index (χ1n) is 4.83. The topological polar surface area (TPSA) is 44.4 Å². The van der Waals surface area contributed by atoms with E-state index in [1.54, 1.807) is 0 Å². The van der Waals surface area contributed by atoms with Crippen LogP contribution >= 0.6 is 0 Å². The van der Waals surface area contributed by atoms with Crippen LogP contribution in [0, 0.1) is 0 Å². The van der Waals surface area contributed by atoms with Gasteiger partial charge in [0.1, 0.15) is 6.95 Å². The number of hydrogen-bond donors (Lipinski definition) is 2. The van der Waals surface area contributed by atoms with E-state index in [1.165, 1.54) is 5.31 Å². The Labute approximate surface area is 73.8 Å². The molecular formula is C8H15N3O. The van der Waals surface area contributed by atoms with E-state index in [2.05, 4.69) is 10.2 Å². The Balaban J connectivity index is 2.15. The van der Waals surface area contributed by atoms with E-state index in [9.17, 15) is 4.79 Å². The van der Waals surface area contributed by atoms with Gasteiger partial charge < -0.3 is 10.2 Å². The number of nitrogens with zero attached hydrogens (tertiary/aromatic N) is 1. The smallest absolute Gasteiger partial charge is 0.241 e. The third-order valence-corrected chi connectivity index (χ3v) is 2.86. The van der Waals surface area contributed by atoms with Crippen molar-refractivity contribution in [2.45, 2.75) is 18.4 Å². The maximum atomic E-state index is 11.6. The summed E-state index contributed by atoms with van der Waals surface area (Å²) in [4.78, 5) is 13.8. The molecule has 0 aromatic carbocycles. The Kier molecular flexibility index (Phi) is 1.55. The number of carbonyl (C=O) groups excluding carboxylic acids is 1. The number of hydrogen-bond acceptors (Lipinski definition) is 3. The molecule has 2 rings (SSSR count). The van der Waals surface area contributed by atoms with Gasteiger partial charge in [-0.05, 0) is 19.9 Å². The monoisotopic (exact) mass is 170 g/mol. The summed E-state index contributed by atoms with van der Waals surface area (Å²) in [7, 11) is 2.05. The SMILES string of the molecule is [2H]N1CNC(=O)C12CCN(C)CC2. The van der Waals surface area contributed by atoms with Crippen LogP contribution in [0.4, 0.5) is 0 Å². The molecule has 68 valence electrons. The highest BCUT2D eigenvalue weighted by molar-refractivity contribution is 5.88. The first kappa shape index (κ1) is 6.86. The van der Waals surface area contributed by atoms with Gasteiger partial charge in [-0.3, -0.25) is 10.1 Å². The fourth-order valence-electron chi connectivity index (χ4n) is 1.87. The minimum Gasteiger partial charge on any atom is -0.342 e. The fraction of sp³-hybridized carbons (Fsp3) is 0.875. The largest absolute Gasteiger partial charge is 0.342 e. The molecule has 0 radical (unpaired) electrons. The summed E-state index contributed by atoms with van der Waals surface area (Å²) < 4.78 is 7.70. The molecule has 0 saturated carbocycles. The lowest BCUT2D eigenvalue weighted by atomic mass is 9.88. The van der Waals surface area contributed by atoms with Gasteiger partial charge in [-0.1, -0.05) is 0 Å². The van der Waals surface area contributed by atoms with Crippen molar-refractivity contribution in [3.63, 3.8) is 0 Å². The van der Waals surface area contributed by atoms with Crippen LogP contribution in [0.25, 0.3) is 0 Å². The van der Waals surface area contributed by atoms with Crippen LogP contribution < -0.4 is 10.6 Å². The second-order valence-electron chi connectivity index (χ2n) is 3.66. The molecular weight excluding hydrogens is 154 g/mol. The molecule has 4 nitrogen and oxygen atoms in total. The van der Waals surface area contributed by atoms with Crippen LogP contribution in [0.5, 0.6) is 0 Å². The maximum Gasteiger partial charge on any atom is 0.241 e. The van der Waals surface area contributed by atoms with E-state index in [4.69, 9.17) is 1.41 Å². The Bertz CT molecular complexity index is 225. The summed E-state index contributed by atoms with van der Waals surface area (Å²) >= 11 is 0. The zero-order valence-corrected chi connectivity index (χ0v) is 7.34. The van der Waals surface area contributed by atoms with Crippen molar-refractivity contribution < 1.29 is 6.21 Å². The lowest BCUT2D eigenvalue weighted by Crippen LogP contribution is -2.53. The molecule has 0 aliphatic carbocycles. The summed E-state index contributed by atoms with van der Waals surface area (Å²) in [5, 5.41) is 4.13. The van der Waals surface area contributed by atoms with E-state index < -0.39 is 5.54 Å². The van der Waals surface area contributed by atoms with Crippen LogP contribution in [0.3, 0.4) is 0 Å². The van der Waals surface area contributed by atoms with Gasteiger partial charge in [0.15, 0.2) is 0 Å². The molecule has 12 heavy (non-hydrogen) atoms. The Morgan fingerprint density at radius 3 is 2.75 bits per heavy atom. The van der Waals surface area contributed by atoms with Crippen molar-refractivity contribution in [1.82, 2.24) is 15.5 Å². The summed E-state index contributed by atoms with van der Waals surface area (Å²) in [6.07, 6.45) is 1.55. The summed E-state index contributed by atoms with van der Waals surface area (Å²) in [6, 6.07) is 0. The second-order valence-corrected chi connectivity index (χ2v) is 3.66. The molecule has 1 spiro atoms. The van der Waals surface area contributed by atoms with Crippen molar-refractivity contribution >= 4 is 5.91 Å². The standard InChI is InChI=1S/C8H15N3O/c1-11-4-2-8(3-5-11)7(12)9-6-10-8/h10H,2-6H2,1H3,(H,9,12)/i/hD. The highest BCUT2D eigenvalue weighted by atomic mass is 16.2. The number of carbonyl (C=O) groups is 1. The molecule has 2 saturated heterocycles. The molecule has 2 aliphatic rings. The van der Waals surface area contributed by atoms with Gasteiger partial charge in [-0.2, -0.15) is 0 Å². The third-order valence-electron chi connectivity index (χ3n) is 2.86. The minimum absolute atomic E-state index is 0.0376. The van der Waals surface area contributed by atoms with Gasteiger partial charge in [-0.15, -0.1) is 0 Å². The lowest BCUT2D eigenvalue weighted by Gasteiger charge is -2.35. The Morgan fingerprint density at radius 1 is 1.58 bits per heavy atom. The van der Waals surface area contributed by atoms with Crippen LogP contribution in [0.2, 0.25) is 1.41 Å². The number of amides is 1. The fourth-order valence-corrected chi connectivity index (χ4v) is 1.87. The van der Waals surface area contributed by atoms with Crippen LogP contribution in [-0.2, 0) is 4.79 Å². The van der Waals surface area contributed by atoms with Crippen LogP contribution in [0.1, 0.15) is 12.8 Å². The van der Waals surface area contributed by atoms with Gasteiger partial charge in [0, 0.05) is 13.1 Å². The van der Waals surface area contributed by atoms with Crippen molar-refractivity contribution in [2.24, 2.45) is 0 Å². The van der Waals surface area contributed by atoms with Crippen molar-refractivity contribution in [2.75, 3.05) is 26.8 Å².